The van der Waals surface area contributed by atoms with Gasteiger partial charge in [0.1, 0.15) is 43.2 Å². The standard InChI is InChI=1S/C32H41Cl3N4O6.C16H17NO3.C15H25Cl3N4O4/c1-19(2)26(16-25(41)12-10-22-11-13-27(36-17-22)24-8-5-7-23(15-24)21(4)40)29(42)37-20(3)30(43)39-14-6-9-28(38-39)31(44)45-18-32(33,34)35;1-11(18)13-3-2-4-14(9-13)15-7-5-12(10-17-15)6-8-16(19)20;1-8(2)11(19)12(23)20-9(3)13(24)22-6-4-5-10(21-22)14(25)26-7-15(16,17)18/h5,7-8,11,13,15,17,19-21,26,28,38,40H,6,9-10,12,14,16,18H2,1-4H3,(H,37,42);2-5,7,9-11,18H,6,8H2,1H3,(H,19,20);8-11,21H,4-7,19H2,1-3H3,(H,20,23)/t20-,21+,26-,28-;11-;9-,10-,11-/m010/s1. The molecule has 4 amide bonds. The molecule has 2 fully saturated rings. The molecule has 500 valence electrons. The first-order chi connectivity index (χ1) is 42.6. The summed E-state index contributed by atoms with van der Waals surface area (Å²) < 4.78 is 6.52. The number of hydrogen-bond donors (Lipinski definition) is 8. The number of alkyl halides is 6. The van der Waals surface area contributed by atoms with Crippen molar-refractivity contribution in [2.45, 2.75) is 163 Å². The van der Waals surface area contributed by atoms with E-state index in [0.29, 0.717) is 51.6 Å². The van der Waals surface area contributed by atoms with E-state index in [-0.39, 0.29) is 55.3 Å². The zero-order valence-corrected chi connectivity index (χ0v) is 56.6. The molecule has 2 saturated heterocycles. The maximum atomic E-state index is 13.2. The summed E-state index contributed by atoms with van der Waals surface area (Å²) >= 11 is 33.6. The van der Waals surface area contributed by atoms with E-state index in [9.17, 15) is 48.6 Å². The zero-order valence-electron chi connectivity index (χ0n) is 52.1. The van der Waals surface area contributed by atoms with Crippen LogP contribution < -0.4 is 27.2 Å². The van der Waals surface area contributed by atoms with Crippen LogP contribution in [0.25, 0.3) is 22.5 Å². The maximum absolute atomic E-state index is 13.2. The van der Waals surface area contributed by atoms with Gasteiger partial charge in [0.25, 0.3) is 11.8 Å². The molecule has 8 atom stereocenters. The third kappa shape index (κ3) is 27.4. The minimum atomic E-state index is -1.75. The number of nitrogens with two attached hydrogens (primary N) is 1. The highest BCUT2D eigenvalue weighted by Crippen LogP contribution is 2.29. The molecule has 91 heavy (non-hydrogen) atoms. The van der Waals surface area contributed by atoms with Gasteiger partial charge in [0, 0.05) is 61.8 Å². The number of hydrogen-bond acceptors (Lipinski definition) is 17. The van der Waals surface area contributed by atoms with Gasteiger partial charge in [-0.15, -0.1) is 0 Å². The van der Waals surface area contributed by atoms with Crippen molar-refractivity contribution in [2.24, 2.45) is 23.5 Å². The van der Waals surface area contributed by atoms with Gasteiger partial charge in [-0.1, -0.05) is 146 Å². The number of nitrogens with one attached hydrogen (secondary N) is 4. The number of carbonyl (C=O) groups excluding carboxylic acids is 7. The molecule has 4 heterocycles. The summed E-state index contributed by atoms with van der Waals surface area (Å²) in [6.07, 6.45) is 5.73. The highest BCUT2D eigenvalue weighted by atomic mass is 35.6. The van der Waals surface area contributed by atoms with Crippen LogP contribution in [0.1, 0.15) is 135 Å². The van der Waals surface area contributed by atoms with Crippen molar-refractivity contribution in [3.8, 4) is 22.5 Å². The summed E-state index contributed by atoms with van der Waals surface area (Å²) in [6.45, 7) is 13.8. The number of aliphatic carboxylic acids is 1. The van der Waals surface area contributed by atoms with Crippen molar-refractivity contribution in [3.63, 3.8) is 0 Å². The van der Waals surface area contributed by atoms with Gasteiger partial charge in [-0.2, -0.15) is 0 Å². The van der Waals surface area contributed by atoms with E-state index < -0.39 is 92.2 Å². The van der Waals surface area contributed by atoms with E-state index >= 15 is 0 Å². The van der Waals surface area contributed by atoms with E-state index in [1.165, 1.54) is 10.0 Å². The number of hydrazine groups is 2. The predicted molar refractivity (Wildman–Crippen MR) is 349 cm³/mol. The second kappa shape index (κ2) is 37.2. The topological polar surface area (TPSA) is 322 Å². The van der Waals surface area contributed by atoms with Crippen molar-refractivity contribution in [1.29, 1.82) is 0 Å². The van der Waals surface area contributed by atoms with Gasteiger partial charge in [0.2, 0.25) is 19.4 Å². The Morgan fingerprint density at radius 2 is 1.03 bits per heavy atom. The fourth-order valence-electron chi connectivity index (χ4n) is 9.18. The highest BCUT2D eigenvalue weighted by Gasteiger charge is 2.36. The third-order valence-electron chi connectivity index (χ3n) is 14.6. The number of rotatable bonds is 24. The number of halogens is 6. The van der Waals surface area contributed by atoms with Crippen LogP contribution in [0, 0.1) is 17.8 Å². The van der Waals surface area contributed by atoms with Crippen LogP contribution in [0.4, 0.5) is 0 Å². The largest absolute Gasteiger partial charge is 0.481 e. The number of esters is 2. The van der Waals surface area contributed by atoms with Crippen LogP contribution >= 0.6 is 69.6 Å². The fraction of sp³-hybridized carbons (Fsp3) is 0.524. The van der Waals surface area contributed by atoms with Crippen molar-refractivity contribution in [3.05, 3.63) is 107 Å². The van der Waals surface area contributed by atoms with E-state index in [0.717, 1.165) is 44.8 Å². The fourth-order valence-corrected chi connectivity index (χ4v) is 9.50. The average molecular weight is 1390 g/mol. The first-order valence-electron chi connectivity index (χ1n) is 29.8. The number of aliphatic hydroxyl groups is 2. The first-order valence-corrected chi connectivity index (χ1v) is 32.1. The van der Waals surface area contributed by atoms with Crippen molar-refractivity contribution < 1.29 is 63.1 Å². The molecule has 22 nitrogen and oxygen atoms in total. The van der Waals surface area contributed by atoms with E-state index in [4.69, 9.17) is 89.9 Å². The van der Waals surface area contributed by atoms with Crippen LogP contribution in [-0.4, -0.2) is 147 Å². The van der Waals surface area contributed by atoms with E-state index in [1.54, 1.807) is 40.1 Å². The number of Topliss-reactive ketones (excluding diaryl/α,β-unsaturated/α-hetero) is 1. The molecule has 0 bridgehead atoms. The van der Waals surface area contributed by atoms with Crippen LogP contribution in [0.2, 0.25) is 0 Å². The Hall–Kier alpha value is -5.76. The smallest absolute Gasteiger partial charge is 0.325 e. The molecular formula is C63H83Cl6N9O13. The Balaban J connectivity index is 0.000000323. The Labute approximate surface area is 561 Å². The second-order valence-corrected chi connectivity index (χ2v) is 28.0. The summed E-state index contributed by atoms with van der Waals surface area (Å²) in [7, 11) is 0. The molecule has 28 heteroatoms. The third-order valence-corrected chi connectivity index (χ3v) is 15.3. The van der Waals surface area contributed by atoms with Gasteiger partial charge in [0.15, 0.2) is 0 Å². The number of ketones is 1. The molecule has 0 aliphatic carbocycles. The SMILES string of the molecule is CC(C)[C@H](CC(=O)CCc1ccc(-c2cccc([C@@H](C)O)c2)nc1)C(=O)N[C@@H](C)C(=O)N1CCC[C@@H](C(=O)OCC(Cl)(Cl)Cl)N1.CC(C)[C@H](N)C(=O)N[C@@H](C)C(=O)N1CCC[C@@H](C(=O)OCC(Cl)(Cl)Cl)N1.C[C@@H](O)c1cccc(-c2ccc(CCC(=O)O)cn2)c1. The lowest BCUT2D eigenvalue weighted by atomic mass is 9.88. The van der Waals surface area contributed by atoms with Gasteiger partial charge in [0.05, 0.1) is 29.6 Å². The number of pyridine rings is 2. The van der Waals surface area contributed by atoms with Crippen LogP contribution in [0.5, 0.6) is 0 Å². The molecule has 2 aromatic heterocycles. The highest BCUT2D eigenvalue weighted by molar-refractivity contribution is 6.68. The molecule has 2 aliphatic heterocycles. The zero-order chi connectivity index (χ0) is 67.9. The Kier molecular flexibility index (Phi) is 31.8. The second-order valence-electron chi connectivity index (χ2n) is 23.0. The number of nitrogens with zero attached hydrogens (tertiary/aromatic N) is 4. The van der Waals surface area contributed by atoms with Gasteiger partial charge >= 0.3 is 17.9 Å². The molecule has 0 unspecified atom stereocenters. The molecule has 2 aliphatic rings. The number of carboxylic acids is 1. The monoisotopic (exact) mass is 1380 g/mol. The minimum absolute atomic E-state index is 0.0428. The van der Waals surface area contributed by atoms with E-state index in [2.05, 4.69) is 31.5 Å². The lowest BCUT2D eigenvalue weighted by molar-refractivity contribution is -0.154. The maximum Gasteiger partial charge on any atom is 0.325 e. The molecule has 0 spiro atoms. The van der Waals surface area contributed by atoms with Crippen LogP contribution in [0.15, 0.2) is 85.2 Å². The summed E-state index contributed by atoms with van der Waals surface area (Å²) in [5.41, 5.74) is 18.3. The quantitative estimate of drug-likeness (QED) is 0.0240. The predicted octanol–water partition coefficient (Wildman–Crippen LogP) is 8.58. The number of aryl methyl sites for hydroxylation is 2. The van der Waals surface area contributed by atoms with Crippen LogP contribution in [0.3, 0.4) is 0 Å². The average Bonchev–Trinajstić information content (AvgIpc) is 1.83. The molecular weight excluding hydrogens is 1300 g/mol. The lowest BCUT2D eigenvalue weighted by Gasteiger charge is -2.34. The summed E-state index contributed by atoms with van der Waals surface area (Å²) in [5, 5.41) is 36.0. The Morgan fingerprint density at radius 1 is 0.615 bits per heavy atom. The van der Waals surface area contributed by atoms with Gasteiger partial charge in [-0.25, -0.2) is 10.9 Å². The molecule has 0 radical (unpaired) electrons. The molecule has 4 aromatic rings. The summed E-state index contributed by atoms with van der Waals surface area (Å²) in [6, 6.07) is 18.8. The lowest BCUT2D eigenvalue weighted by Crippen LogP contribution is -2.60. The number of carbonyl (C=O) groups is 8. The minimum Gasteiger partial charge on any atom is -0.481 e. The van der Waals surface area contributed by atoms with Crippen LogP contribution in [-0.2, 0) is 60.7 Å². The van der Waals surface area contributed by atoms with Gasteiger partial charge < -0.3 is 41.2 Å². The van der Waals surface area contributed by atoms with Crippen molar-refractivity contribution >= 4 is 117 Å². The Bertz CT molecular complexity index is 3060. The number of aromatic nitrogens is 2. The number of aliphatic hydroxyl groups excluding tert-OH is 2. The number of ether oxygens (including phenoxy) is 2. The molecule has 0 saturated carbocycles. The number of amides is 4. The van der Waals surface area contributed by atoms with E-state index in [1.807, 2.05) is 100 Å². The molecule has 9 N–H and O–H groups in total. The van der Waals surface area contributed by atoms with Crippen molar-refractivity contribution in [2.75, 3.05) is 26.3 Å². The Morgan fingerprint density at radius 3 is 1.40 bits per heavy atom. The first kappa shape index (κ1) is 77.7. The summed E-state index contributed by atoms with van der Waals surface area (Å²) in [4.78, 5) is 108. The summed E-state index contributed by atoms with van der Waals surface area (Å²) in [5.74, 6) is -4.55. The molecule has 6 rings (SSSR count). The van der Waals surface area contributed by atoms with Gasteiger partial charge in [-0.3, -0.25) is 58.3 Å². The number of benzene rings is 2. The van der Waals surface area contributed by atoms with Crippen molar-refractivity contribution in [1.82, 2.24) is 41.5 Å². The molecule has 2 aromatic carbocycles. The number of carboxylic acid groups (broad SMARTS) is 1. The van der Waals surface area contributed by atoms with Gasteiger partial charge in [-0.05, 0) is 125 Å². The normalized spacial score (nSPS) is 17.1.